The maximum absolute atomic E-state index is 12.9. The van der Waals surface area contributed by atoms with Crippen LogP contribution in [0.4, 0.5) is 0 Å². The predicted molar refractivity (Wildman–Crippen MR) is 427 cm³/mol. The minimum Gasteiger partial charge on any atom is -0.508 e. The highest BCUT2D eigenvalue weighted by Gasteiger charge is 2.37. The van der Waals surface area contributed by atoms with Crippen molar-refractivity contribution in [1.29, 1.82) is 0 Å². The normalized spacial score (nSPS) is 14.0. The highest BCUT2D eigenvalue weighted by atomic mass is 79.9. The molecule has 2 aromatic heterocycles. The number of nitrogens with zero attached hydrogens (tertiary/aromatic N) is 7. The van der Waals surface area contributed by atoms with E-state index in [4.69, 9.17) is 59.2 Å². The van der Waals surface area contributed by atoms with Gasteiger partial charge in [-0.2, -0.15) is 0 Å². The molecule has 4 aliphatic heterocycles. The molecule has 0 saturated carbocycles. The van der Waals surface area contributed by atoms with Crippen LogP contribution in [0.2, 0.25) is 15.1 Å². The fourth-order valence-electron chi connectivity index (χ4n) is 10.9. The number of carboxylic acid groups (broad SMARTS) is 1. The number of phenolic OH excluding ortho intramolecular Hbond substituents is 1. The number of halogens is 5. The number of amides is 3. The standard InChI is InChI=1S/C25H25ClN4O3S.C15H13ClO3.C14H11ClO3.C11H16N4OS.C9H9BrO2.C6H5BrO/c26-20-2-1-3-22(14-20)33-17-18-4-6-19(7-5-18)24(31)30-15-21(16-30)28-9-11-29(12-10-28)25(32)23-27-8-13-34-23;1-18-15(17)12-7-5-11(6-8-12)10-19-14-4-2-3-13(16)9-14;15-12-2-1-3-13(8-12)18-9-10-4-6-11(7-5-10)14(16)17;16-11(10-13-1-6-17-10)15-4-2-14(3-5-15)9-7-12-8-9;1-12-9(11)8-4-2-7(6-10)3-5-8;7-5-2-1-3-6(8)4-5/h1-8,13-14,21H,9-12,15-17H2;2-9H,10H2,1H3;1-8H,9H2,(H,16,17);1,6,9,12H,2-5,7-8H2;2-5H,6H2,1H3;1-4,8H. The van der Waals surface area contributed by atoms with Crippen molar-refractivity contribution in [3.05, 3.63) is 291 Å². The zero-order chi connectivity index (χ0) is 76.7. The number of hydrogen-bond acceptors (Lipinski definition) is 19. The largest absolute Gasteiger partial charge is 0.508 e. The molecule has 0 unspecified atom stereocenters. The van der Waals surface area contributed by atoms with Crippen molar-refractivity contribution >= 4 is 125 Å². The van der Waals surface area contributed by atoms with E-state index in [1.165, 1.54) is 36.9 Å². The molecule has 4 aliphatic rings. The van der Waals surface area contributed by atoms with Crippen molar-refractivity contribution in [3.8, 4) is 23.0 Å². The number of benzene rings is 8. The van der Waals surface area contributed by atoms with Crippen LogP contribution in [0.5, 0.6) is 23.0 Å². The van der Waals surface area contributed by atoms with Gasteiger partial charge in [0, 0.05) is 144 Å². The summed E-state index contributed by atoms with van der Waals surface area (Å²) < 4.78 is 27.0. The Morgan fingerprint density at radius 1 is 0.472 bits per heavy atom. The lowest BCUT2D eigenvalue weighted by Crippen LogP contribution is -2.64. The number of likely N-dealkylation sites (tertiary alicyclic amines) is 1. The molecule has 14 rings (SSSR count). The third-order valence-electron chi connectivity index (χ3n) is 17.1. The molecule has 28 heteroatoms. The molecule has 21 nitrogen and oxygen atoms in total. The highest BCUT2D eigenvalue weighted by Crippen LogP contribution is 2.25. The smallest absolute Gasteiger partial charge is 0.337 e. The van der Waals surface area contributed by atoms with E-state index < -0.39 is 5.97 Å². The van der Waals surface area contributed by atoms with Crippen molar-refractivity contribution in [2.24, 2.45) is 0 Å². The van der Waals surface area contributed by atoms with Gasteiger partial charge in [0.25, 0.3) is 17.7 Å². The Hall–Kier alpha value is -9.25. The predicted octanol–water partition coefficient (Wildman–Crippen LogP) is 15.4. The maximum atomic E-state index is 12.9. The first kappa shape index (κ1) is 82.8. The van der Waals surface area contributed by atoms with Gasteiger partial charge in [-0.05, 0) is 144 Å². The minimum atomic E-state index is -0.933. The average Bonchev–Trinajstić information content (AvgIpc) is 0.827. The van der Waals surface area contributed by atoms with Crippen molar-refractivity contribution < 1.29 is 62.7 Å². The Kier molecular flexibility index (Phi) is 33.0. The SMILES string of the molecule is COC(=O)c1ccc(CBr)cc1.COC(=O)c1ccc(COc2cccc(Cl)c2)cc1.O=C(O)c1ccc(COc2cccc(Cl)c2)cc1.O=C(c1ccc(COc2cccc(Cl)c2)cc1)N1CC(N2CCN(C(=O)c3nccs3)CC2)C1.O=C(c1nccs1)N1CCN(C2CNC2)CC1.Oc1cccc(Br)c1. The molecule has 0 bridgehead atoms. The molecule has 564 valence electrons. The van der Waals surface area contributed by atoms with Gasteiger partial charge in [0.1, 0.15) is 42.8 Å². The van der Waals surface area contributed by atoms with Gasteiger partial charge in [-0.3, -0.25) is 24.2 Å². The number of aromatic nitrogens is 2. The first-order chi connectivity index (χ1) is 52.3. The number of carbonyl (C=O) groups is 6. The number of thiazole rings is 2. The lowest BCUT2D eigenvalue weighted by molar-refractivity contribution is 0.00849. The van der Waals surface area contributed by atoms with Crippen LogP contribution in [-0.2, 0) is 34.6 Å². The van der Waals surface area contributed by atoms with Crippen molar-refractivity contribution in [2.45, 2.75) is 37.2 Å². The van der Waals surface area contributed by atoms with Crippen LogP contribution in [0.3, 0.4) is 0 Å². The zero-order valence-corrected chi connectivity index (χ0v) is 66.0. The number of phenols is 1. The Morgan fingerprint density at radius 3 is 1.18 bits per heavy atom. The van der Waals surface area contributed by atoms with Gasteiger partial charge in [0.2, 0.25) is 0 Å². The summed E-state index contributed by atoms with van der Waals surface area (Å²) in [5.41, 5.74) is 6.06. The van der Waals surface area contributed by atoms with Crippen molar-refractivity contribution in [3.63, 3.8) is 0 Å². The van der Waals surface area contributed by atoms with Crippen molar-refractivity contribution in [1.82, 2.24) is 39.8 Å². The number of esters is 2. The van der Waals surface area contributed by atoms with Gasteiger partial charge in [-0.1, -0.05) is 139 Å². The third kappa shape index (κ3) is 26.3. The monoisotopic (exact) mass is 1690 g/mol. The minimum absolute atomic E-state index is 0.0153. The topological polar surface area (TPSA) is 243 Å². The number of carbonyl (C=O) groups excluding carboxylic acids is 5. The van der Waals surface area contributed by atoms with Crippen LogP contribution in [0, 0.1) is 0 Å². The Labute approximate surface area is 666 Å². The number of rotatable bonds is 18. The van der Waals surface area contributed by atoms with Gasteiger partial charge in [0.15, 0.2) is 10.0 Å². The molecule has 0 aliphatic carbocycles. The van der Waals surface area contributed by atoms with Crippen LogP contribution < -0.4 is 19.5 Å². The summed E-state index contributed by atoms with van der Waals surface area (Å²) in [4.78, 5) is 89.0. The van der Waals surface area contributed by atoms with E-state index >= 15 is 0 Å². The van der Waals surface area contributed by atoms with E-state index in [9.17, 15) is 28.8 Å². The first-order valence-corrected chi connectivity index (χ1v) is 38.9. The number of aromatic hydroxyl groups is 1. The molecule has 108 heavy (non-hydrogen) atoms. The molecule has 3 amide bonds. The lowest BCUT2D eigenvalue weighted by atomic mass is 10.0. The molecular weight excluding hydrogens is 1610 g/mol. The summed E-state index contributed by atoms with van der Waals surface area (Å²) in [5.74, 6) is 0.987. The quantitative estimate of drug-likeness (QED) is 0.0534. The van der Waals surface area contributed by atoms with E-state index in [2.05, 4.69) is 66.4 Å². The number of nitrogens with one attached hydrogen (secondary N) is 1. The Bertz CT molecular complexity index is 4480. The summed E-state index contributed by atoms with van der Waals surface area (Å²) in [6, 6.07) is 58.1. The summed E-state index contributed by atoms with van der Waals surface area (Å²) in [7, 11) is 2.74. The van der Waals surface area contributed by atoms with E-state index in [-0.39, 0.29) is 35.2 Å². The third-order valence-corrected chi connectivity index (χ3v) is 20.5. The molecule has 0 radical (unpaired) electrons. The Morgan fingerprint density at radius 2 is 0.852 bits per heavy atom. The van der Waals surface area contributed by atoms with Gasteiger partial charge < -0.3 is 53.9 Å². The van der Waals surface area contributed by atoms with Gasteiger partial charge in [-0.15, -0.1) is 22.7 Å². The van der Waals surface area contributed by atoms with Crippen LogP contribution in [0.1, 0.15) is 83.3 Å². The molecule has 10 aromatic rings. The van der Waals surface area contributed by atoms with Crippen LogP contribution in [0.25, 0.3) is 0 Å². The molecule has 6 heterocycles. The van der Waals surface area contributed by atoms with Gasteiger partial charge in [0.05, 0.1) is 30.9 Å². The second kappa shape index (κ2) is 43.1. The number of methoxy groups -OCH3 is 2. The first-order valence-electron chi connectivity index (χ1n) is 34.1. The molecule has 0 atom stereocenters. The highest BCUT2D eigenvalue weighted by molar-refractivity contribution is 9.10. The molecular formula is C80H79Br2Cl3N8O13S2. The molecule has 3 N–H and O–H groups in total. The molecule has 0 spiro atoms. The van der Waals surface area contributed by atoms with Gasteiger partial charge >= 0.3 is 17.9 Å². The second-order valence-corrected chi connectivity index (χ2v) is 29.0. The average molecular weight is 1690 g/mol. The van der Waals surface area contributed by atoms with E-state index in [0.717, 1.165) is 97.5 Å². The summed E-state index contributed by atoms with van der Waals surface area (Å²) >= 11 is 27.0. The fourth-order valence-corrected chi connectivity index (χ4v) is 13.4. The van der Waals surface area contributed by atoms with E-state index in [1.807, 2.05) is 116 Å². The van der Waals surface area contributed by atoms with Crippen LogP contribution in [0.15, 0.2) is 222 Å². The van der Waals surface area contributed by atoms with E-state index in [0.29, 0.717) is 110 Å². The fraction of sp³-hybridized carbons (Fsp3) is 0.250. The lowest BCUT2D eigenvalue weighted by Gasteiger charge is -2.48. The summed E-state index contributed by atoms with van der Waals surface area (Å²) in [6.45, 7) is 11.5. The molecule has 4 saturated heterocycles. The van der Waals surface area contributed by atoms with Crippen LogP contribution >= 0.6 is 89.3 Å². The summed E-state index contributed by atoms with van der Waals surface area (Å²) in [6.07, 6.45) is 3.35. The molecule has 4 fully saturated rings. The number of carboxylic acids is 1. The van der Waals surface area contributed by atoms with E-state index in [1.54, 1.807) is 116 Å². The summed E-state index contributed by atoms with van der Waals surface area (Å²) in [5, 5.41) is 28.4. The number of aromatic carboxylic acids is 1. The Balaban J connectivity index is 0.000000158. The number of ether oxygens (including phenoxy) is 5. The van der Waals surface area contributed by atoms with Crippen LogP contribution in [-0.4, -0.2) is 185 Å². The molecule has 8 aromatic carbocycles. The van der Waals surface area contributed by atoms with Gasteiger partial charge in [-0.25, -0.2) is 24.4 Å². The van der Waals surface area contributed by atoms with Crippen molar-refractivity contribution in [2.75, 3.05) is 92.8 Å². The number of alkyl halides is 1. The number of piperazine rings is 2. The number of hydrogen-bond donors (Lipinski definition) is 3. The maximum Gasteiger partial charge on any atom is 0.337 e. The second-order valence-electron chi connectivity index (χ2n) is 24.4. The zero-order valence-electron chi connectivity index (χ0n) is 59.0.